The van der Waals surface area contributed by atoms with Gasteiger partial charge in [-0.2, -0.15) is 0 Å². The molecule has 0 radical (unpaired) electrons. The number of hydrogen-bond donors (Lipinski definition) is 0. The quantitative estimate of drug-likeness (QED) is 0.509. The number of rotatable bonds is 4. The van der Waals surface area contributed by atoms with Crippen molar-refractivity contribution < 1.29 is 0 Å². The van der Waals surface area contributed by atoms with E-state index in [-0.39, 0.29) is 16.9 Å². The Bertz CT molecular complexity index is 53.6. The molecule has 0 atom stereocenters. The molecule has 0 saturated carbocycles. The molecular weight excluding hydrogens is 220 g/mol. The molecule has 0 fully saturated rings. The lowest BCUT2D eigenvalue weighted by atomic mass is 10.9. The van der Waals surface area contributed by atoms with Crippen molar-refractivity contribution in [3.63, 3.8) is 0 Å². The Morgan fingerprint density at radius 3 is 1.38 bits per heavy atom. The fraction of sp³-hybridized carbons (Fsp3) is 0.778. The van der Waals surface area contributed by atoms with E-state index in [4.69, 9.17) is 0 Å². The van der Waals surface area contributed by atoms with Crippen LogP contribution in [0.3, 0.4) is 0 Å². The van der Waals surface area contributed by atoms with Crippen molar-refractivity contribution in [2.24, 2.45) is 0 Å². The maximum absolute atomic E-state index is 3.54. The van der Waals surface area contributed by atoms with Crippen LogP contribution in [0.15, 0.2) is 12.3 Å². The fourth-order valence-electron chi connectivity index (χ4n) is 0.500. The minimum Gasteiger partial charge on any atom is -0.109 e. The Labute approximate surface area is 96.9 Å². The van der Waals surface area contributed by atoms with Gasteiger partial charge in [0.05, 0.1) is 0 Å². The van der Waals surface area contributed by atoms with Crippen LogP contribution in [0.4, 0.5) is 0 Å². The second-order valence-electron chi connectivity index (χ2n) is 2.40. The van der Waals surface area contributed by atoms with Gasteiger partial charge >= 0.3 is 0 Å². The van der Waals surface area contributed by atoms with Crippen LogP contribution in [-0.4, -0.2) is 38.8 Å². The Morgan fingerprint density at radius 2 is 1.31 bits per heavy atom. The summed E-state index contributed by atoms with van der Waals surface area (Å²) in [6, 6.07) is 3.23. The Balaban J connectivity index is -0.0000000512. The van der Waals surface area contributed by atoms with E-state index in [0.29, 0.717) is 19.0 Å². The normalized spacial score (nSPS) is 9.54. The highest BCUT2D eigenvalue weighted by molar-refractivity contribution is 6.40. The Hall–Kier alpha value is 0.608. The van der Waals surface area contributed by atoms with Crippen LogP contribution in [0.25, 0.3) is 0 Å². The van der Waals surface area contributed by atoms with Crippen LogP contribution in [0.2, 0.25) is 38.3 Å². The molecule has 0 aromatic carbocycles. The summed E-state index contributed by atoms with van der Waals surface area (Å²) in [7, 11) is 2.37. The SMILES string of the molecule is C.C=C[SiH2]C.C[SiH2]CC[SiH2]C.C[SiH3]. The molecular formula is C9H32Si4. The predicted molar refractivity (Wildman–Crippen MR) is 85.6 cm³/mol. The van der Waals surface area contributed by atoms with E-state index in [2.05, 4.69) is 32.8 Å². The van der Waals surface area contributed by atoms with Gasteiger partial charge < -0.3 is 0 Å². The molecule has 4 heteroatoms. The first-order valence-corrected chi connectivity index (χ1v) is 14.5. The molecule has 0 aromatic heterocycles. The standard InChI is InChI=1S/C4H14Si2.C3H8Si.CH6Si.CH4/c1-5-3-4-6-2;1-3-4-2;1-2;/h3-6H2,1-2H3;3H,1,4H2,2H3;1-2H3;1H4. The molecule has 0 aromatic rings. The molecule has 0 aliphatic heterocycles. The first-order valence-electron chi connectivity index (χ1n) is 5.44. The predicted octanol–water partition coefficient (Wildman–Crippen LogP) is 0.640. The molecule has 0 heterocycles. The molecule has 84 valence electrons. The molecule has 0 aliphatic rings. The summed E-state index contributed by atoms with van der Waals surface area (Å²) in [5, 5.41) is 0. The lowest BCUT2D eigenvalue weighted by Gasteiger charge is -1.84. The molecule has 0 N–H and O–H groups in total. The Morgan fingerprint density at radius 1 is 1.08 bits per heavy atom. The van der Waals surface area contributed by atoms with Gasteiger partial charge in [0.15, 0.2) is 0 Å². The lowest BCUT2D eigenvalue weighted by molar-refractivity contribution is 1.41. The summed E-state index contributed by atoms with van der Waals surface area (Å²) in [4.78, 5) is 0. The highest BCUT2D eigenvalue weighted by Crippen LogP contribution is 1.84. The van der Waals surface area contributed by atoms with E-state index in [0.717, 1.165) is 0 Å². The van der Waals surface area contributed by atoms with E-state index in [1.807, 2.05) is 5.70 Å². The average Bonchev–Trinajstić information content (AvgIpc) is 2.18. The van der Waals surface area contributed by atoms with Crippen LogP contribution < -0.4 is 0 Å². The summed E-state index contributed by atoms with van der Waals surface area (Å²) < 4.78 is 0. The summed E-state index contributed by atoms with van der Waals surface area (Å²) >= 11 is 0. The van der Waals surface area contributed by atoms with Crippen LogP contribution in [0.5, 0.6) is 0 Å². The van der Waals surface area contributed by atoms with Crippen LogP contribution >= 0.6 is 0 Å². The van der Waals surface area contributed by atoms with E-state index in [1.165, 1.54) is 10.2 Å². The molecule has 0 nitrogen and oxygen atoms in total. The van der Waals surface area contributed by atoms with Crippen molar-refractivity contribution in [3.8, 4) is 0 Å². The molecule has 0 rings (SSSR count). The lowest BCUT2D eigenvalue weighted by Crippen LogP contribution is -1.83. The van der Waals surface area contributed by atoms with Crippen molar-refractivity contribution in [1.82, 2.24) is 0 Å². The minimum absolute atomic E-state index is 0. The summed E-state index contributed by atoms with van der Waals surface area (Å²) in [5.74, 6) is 0. The third-order valence-electron chi connectivity index (χ3n) is 1.25. The van der Waals surface area contributed by atoms with Gasteiger partial charge in [0.1, 0.15) is 0 Å². The summed E-state index contributed by atoms with van der Waals surface area (Å²) in [6.45, 7) is 12.7. The van der Waals surface area contributed by atoms with Crippen LogP contribution in [-0.2, 0) is 0 Å². The monoisotopic (exact) mass is 252 g/mol. The molecule has 0 saturated heterocycles. The second kappa shape index (κ2) is 38.9. The van der Waals surface area contributed by atoms with Crippen molar-refractivity contribution in [1.29, 1.82) is 0 Å². The van der Waals surface area contributed by atoms with E-state index >= 15 is 0 Å². The maximum atomic E-state index is 3.54. The number of hydrogen-bond acceptors (Lipinski definition) is 0. The highest BCUT2D eigenvalue weighted by atomic mass is 28.2. The molecule has 0 bridgehead atoms. The second-order valence-corrected chi connectivity index (χ2v) is 7.21. The molecule has 0 unspecified atom stereocenters. The van der Waals surface area contributed by atoms with Crippen molar-refractivity contribution in [2.75, 3.05) is 0 Å². The fourth-order valence-corrected chi connectivity index (χ4v) is 4.50. The first kappa shape index (κ1) is 23.4. The third-order valence-corrected chi connectivity index (χ3v) is 5.24. The van der Waals surface area contributed by atoms with Gasteiger partial charge in [-0.25, -0.2) is 0 Å². The van der Waals surface area contributed by atoms with Crippen LogP contribution in [0.1, 0.15) is 7.43 Å². The van der Waals surface area contributed by atoms with Gasteiger partial charge in [-0.15, -0.1) is 12.3 Å². The zero-order valence-electron chi connectivity index (χ0n) is 9.82. The van der Waals surface area contributed by atoms with Crippen molar-refractivity contribution in [3.05, 3.63) is 12.3 Å². The van der Waals surface area contributed by atoms with Gasteiger partial charge in [0, 0.05) is 28.6 Å². The van der Waals surface area contributed by atoms with Crippen LogP contribution in [0, 0.1) is 0 Å². The smallest absolute Gasteiger partial charge is 0.0415 e. The summed E-state index contributed by atoms with van der Waals surface area (Å²) in [5.41, 5.74) is 2.01. The van der Waals surface area contributed by atoms with Gasteiger partial charge in [-0.3, -0.25) is 0 Å². The van der Waals surface area contributed by atoms with Gasteiger partial charge in [0.25, 0.3) is 0 Å². The van der Waals surface area contributed by atoms with Crippen molar-refractivity contribution >= 4 is 38.8 Å². The average molecular weight is 253 g/mol. The molecule has 13 heavy (non-hydrogen) atoms. The largest absolute Gasteiger partial charge is 0.109 e. The van der Waals surface area contributed by atoms with Gasteiger partial charge in [-0.1, -0.05) is 45.7 Å². The topological polar surface area (TPSA) is 0 Å². The zero-order valence-corrected chi connectivity index (χ0v) is 16.1. The van der Waals surface area contributed by atoms with Gasteiger partial charge in [-0.05, 0) is 10.2 Å². The first-order chi connectivity index (χ1) is 5.83. The van der Waals surface area contributed by atoms with E-state index in [9.17, 15) is 0 Å². The third kappa shape index (κ3) is 66.8. The van der Waals surface area contributed by atoms with E-state index < -0.39 is 0 Å². The van der Waals surface area contributed by atoms with E-state index in [1.54, 1.807) is 12.1 Å². The van der Waals surface area contributed by atoms with Gasteiger partial charge in [0.2, 0.25) is 0 Å². The minimum atomic E-state index is 0. The molecule has 0 aliphatic carbocycles. The summed E-state index contributed by atoms with van der Waals surface area (Å²) in [6.07, 6.45) is 0. The Kier molecular flexibility index (Phi) is 70.1. The molecule has 0 spiro atoms. The highest BCUT2D eigenvalue weighted by Gasteiger charge is 1.77. The van der Waals surface area contributed by atoms with Crippen molar-refractivity contribution in [2.45, 2.75) is 45.7 Å². The zero-order chi connectivity index (χ0) is 10.2. The molecule has 0 amide bonds. The maximum Gasteiger partial charge on any atom is 0.0415 e.